The number of barbiturate groups is 1. The number of urea groups is 1. The van der Waals surface area contributed by atoms with Gasteiger partial charge in [-0.3, -0.25) is 14.9 Å². The first kappa shape index (κ1) is 31.6. The molecule has 8 heteroatoms. The smallest absolute Gasteiger partial charge is 0.335 e. The van der Waals surface area contributed by atoms with Gasteiger partial charge in [-0.15, -0.1) is 0 Å². The Kier molecular flexibility index (Phi) is 8.43. The van der Waals surface area contributed by atoms with Crippen molar-refractivity contribution in [2.45, 2.75) is 31.3 Å². The summed E-state index contributed by atoms with van der Waals surface area (Å²) in [4.78, 5) is 44.8. The zero-order valence-electron chi connectivity index (χ0n) is 27.2. The number of nitrogens with zero attached hydrogens (tertiary/aromatic N) is 2. The van der Waals surface area contributed by atoms with E-state index in [1.807, 2.05) is 72.8 Å². The van der Waals surface area contributed by atoms with Crippen LogP contribution < -0.4 is 19.9 Å². The Morgan fingerprint density at radius 3 is 1.94 bits per heavy atom. The summed E-state index contributed by atoms with van der Waals surface area (Å²) in [6.45, 7) is 2.11. The molecule has 0 aliphatic carbocycles. The van der Waals surface area contributed by atoms with E-state index in [1.165, 1.54) is 22.9 Å². The number of hydrogen-bond donors (Lipinski definition) is 1. The number of anilines is 2. The second-order valence-electron chi connectivity index (χ2n) is 12.9. The quantitative estimate of drug-likeness (QED) is 0.138. The zero-order valence-corrected chi connectivity index (χ0v) is 28.0. The molecule has 3 heterocycles. The van der Waals surface area contributed by atoms with Gasteiger partial charge in [-0.05, 0) is 77.1 Å². The van der Waals surface area contributed by atoms with Crippen LogP contribution in [0.3, 0.4) is 0 Å². The Morgan fingerprint density at radius 1 is 0.740 bits per heavy atom. The Labute approximate surface area is 295 Å². The summed E-state index contributed by atoms with van der Waals surface area (Å²) >= 11 is 6.04. The van der Waals surface area contributed by atoms with Crippen molar-refractivity contribution >= 4 is 46.9 Å². The fourth-order valence-corrected chi connectivity index (χ4v) is 7.62. The molecule has 3 aliphatic rings. The summed E-state index contributed by atoms with van der Waals surface area (Å²) in [6.07, 6.45) is 3.32. The van der Waals surface area contributed by atoms with Gasteiger partial charge in [0.25, 0.3) is 11.8 Å². The van der Waals surface area contributed by atoms with Gasteiger partial charge in [0.1, 0.15) is 17.9 Å². The standard InChI is InChI=1S/C42H34ClN3O4/c43-31-17-15-27(16-18-31)26-50-38-14-8-7-13-30(38)23-37-40(47)44-42(49)46(41(37)48)32-24-35-33(28-9-3-1-4-10-28)19-21-45-22-20-34(36(25-32)39(35)45)29-11-5-2-6-12-29/h1-18,23-25,33-34H,19-22,26H2,(H,44,47,49)/b37-23+/t33-,34-/m0/s1. The largest absolute Gasteiger partial charge is 0.488 e. The van der Waals surface area contributed by atoms with Crippen LogP contribution >= 0.6 is 11.6 Å². The van der Waals surface area contributed by atoms with Crippen LogP contribution in [0.25, 0.3) is 6.08 Å². The van der Waals surface area contributed by atoms with Crippen LogP contribution in [0.5, 0.6) is 5.75 Å². The van der Waals surface area contributed by atoms with Gasteiger partial charge in [0.15, 0.2) is 0 Å². The highest BCUT2D eigenvalue weighted by Gasteiger charge is 2.40. The molecule has 3 aliphatic heterocycles. The first-order valence-corrected chi connectivity index (χ1v) is 17.2. The molecule has 7 nitrogen and oxygen atoms in total. The second kappa shape index (κ2) is 13.3. The molecule has 2 atom stereocenters. The number of halogens is 1. The number of carbonyl (C=O) groups excluding carboxylic acids is 3. The third kappa shape index (κ3) is 5.94. The number of ether oxygens (including phenoxy) is 1. The van der Waals surface area contributed by atoms with Gasteiger partial charge >= 0.3 is 6.03 Å². The highest BCUT2D eigenvalue weighted by molar-refractivity contribution is 6.39. The number of hydrogen-bond acceptors (Lipinski definition) is 5. The minimum absolute atomic E-state index is 0.0833. The second-order valence-corrected chi connectivity index (χ2v) is 13.3. The van der Waals surface area contributed by atoms with Gasteiger partial charge in [0.05, 0.1) is 5.69 Å². The van der Waals surface area contributed by atoms with Crippen molar-refractivity contribution in [1.29, 1.82) is 0 Å². The third-order valence-electron chi connectivity index (χ3n) is 9.89. The Balaban J connectivity index is 1.20. The predicted molar refractivity (Wildman–Crippen MR) is 196 cm³/mol. The molecule has 0 unspecified atom stereocenters. The van der Waals surface area contributed by atoms with E-state index < -0.39 is 17.8 Å². The molecule has 0 spiro atoms. The number of nitrogens with one attached hydrogen (secondary N) is 1. The molecule has 0 aromatic heterocycles. The molecule has 1 saturated heterocycles. The van der Waals surface area contributed by atoms with Crippen LogP contribution in [-0.4, -0.2) is 30.9 Å². The van der Waals surface area contributed by atoms with Crippen molar-refractivity contribution < 1.29 is 19.1 Å². The summed E-state index contributed by atoms with van der Waals surface area (Å²) in [5.41, 5.74) is 7.47. The molecular formula is C42H34ClN3O4. The van der Waals surface area contributed by atoms with Crippen molar-refractivity contribution in [1.82, 2.24) is 5.32 Å². The van der Waals surface area contributed by atoms with Crippen LogP contribution in [0.1, 0.15) is 58.1 Å². The molecular weight excluding hydrogens is 646 g/mol. The first-order valence-electron chi connectivity index (χ1n) is 16.8. The van der Waals surface area contributed by atoms with Crippen LogP contribution in [0.2, 0.25) is 5.02 Å². The lowest BCUT2D eigenvalue weighted by Crippen LogP contribution is -2.54. The zero-order chi connectivity index (χ0) is 34.2. The number of amides is 4. The Hall–Kier alpha value is -5.66. The number of carbonyl (C=O) groups is 3. The Morgan fingerprint density at radius 2 is 1.32 bits per heavy atom. The number of rotatable bonds is 7. The van der Waals surface area contributed by atoms with Gasteiger partial charge in [0.2, 0.25) is 0 Å². The Bertz CT molecular complexity index is 2060. The minimum atomic E-state index is -0.771. The van der Waals surface area contributed by atoms with E-state index in [1.54, 1.807) is 24.3 Å². The third-order valence-corrected chi connectivity index (χ3v) is 10.1. The summed E-state index contributed by atoms with van der Waals surface area (Å²) in [6, 6.07) is 38.5. The molecule has 248 valence electrons. The molecule has 5 aromatic carbocycles. The van der Waals surface area contributed by atoms with Gasteiger partial charge in [-0.25, -0.2) is 9.69 Å². The van der Waals surface area contributed by atoms with Crippen molar-refractivity contribution in [3.05, 3.63) is 165 Å². The number of imide groups is 2. The first-order chi connectivity index (χ1) is 24.4. The van der Waals surface area contributed by atoms with Crippen molar-refractivity contribution in [2.24, 2.45) is 0 Å². The van der Waals surface area contributed by atoms with Crippen molar-refractivity contribution in [2.75, 3.05) is 22.9 Å². The summed E-state index contributed by atoms with van der Waals surface area (Å²) in [7, 11) is 0. The van der Waals surface area contributed by atoms with Gasteiger partial charge in [0, 0.05) is 41.2 Å². The van der Waals surface area contributed by atoms with E-state index in [4.69, 9.17) is 16.3 Å². The van der Waals surface area contributed by atoms with Crippen LogP contribution in [0, 0.1) is 0 Å². The maximum absolute atomic E-state index is 14.3. The van der Waals surface area contributed by atoms with E-state index in [9.17, 15) is 14.4 Å². The van der Waals surface area contributed by atoms with E-state index in [2.05, 4.69) is 34.5 Å². The molecule has 8 rings (SSSR count). The van der Waals surface area contributed by atoms with Crippen molar-refractivity contribution in [3.63, 3.8) is 0 Å². The van der Waals surface area contributed by atoms with Crippen LogP contribution in [0.4, 0.5) is 16.2 Å². The van der Waals surface area contributed by atoms with E-state index in [-0.39, 0.29) is 24.0 Å². The summed E-state index contributed by atoms with van der Waals surface area (Å²) < 4.78 is 6.11. The predicted octanol–water partition coefficient (Wildman–Crippen LogP) is 8.46. The van der Waals surface area contributed by atoms with E-state index in [0.717, 1.165) is 47.5 Å². The van der Waals surface area contributed by atoms with E-state index >= 15 is 0 Å². The van der Waals surface area contributed by atoms with Gasteiger partial charge < -0.3 is 9.64 Å². The molecule has 0 radical (unpaired) electrons. The van der Waals surface area contributed by atoms with Gasteiger partial charge in [-0.2, -0.15) is 0 Å². The molecule has 0 saturated carbocycles. The SMILES string of the molecule is O=C1NC(=O)N(c2cc3c4c(c2)[C@H](c2ccccc2)CCN4CC[C@H]3c2ccccc2)C(=O)/C1=C/c1ccccc1OCc1ccc(Cl)cc1. The number of benzene rings is 5. The lowest BCUT2D eigenvalue weighted by atomic mass is 9.76. The maximum atomic E-state index is 14.3. The highest BCUT2D eigenvalue weighted by atomic mass is 35.5. The van der Waals surface area contributed by atoms with Crippen LogP contribution in [-0.2, 0) is 16.2 Å². The maximum Gasteiger partial charge on any atom is 0.335 e. The van der Waals surface area contributed by atoms with Gasteiger partial charge in [-0.1, -0.05) is 103 Å². The lowest BCUT2D eigenvalue weighted by molar-refractivity contribution is -0.122. The monoisotopic (exact) mass is 679 g/mol. The molecule has 50 heavy (non-hydrogen) atoms. The average Bonchev–Trinajstić information content (AvgIpc) is 3.14. The van der Waals surface area contributed by atoms with Crippen LogP contribution in [0.15, 0.2) is 127 Å². The molecule has 5 aromatic rings. The van der Waals surface area contributed by atoms with Crippen molar-refractivity contribution in [3.8, 4) is 5.75 Å². The summed E-state index contributed by atoms with van der Waals surface area (Å²) in [5.74, 6) is -0.776. The minimum Gasteiger partial charge on any atom is -0.488 e. The topological polar surface area (TPSA) is 79.0 Å². The molecule has 1 fully saturated rings. The number of para-hydroxylation sites is 1. The lowest BCUT2D eigenvalue weighted by Gasteiger charge is -2.44. The fraction of sp³-hybridized carbons (Fsp3) is 0.167. The fourth-order valence-electron chi connectivity index (χ4n) is 7.49. The molecule has 1 N–H and O–H groups in total. The normalized spacial score (nSPS) is 19.3. The van der Waals surface area contributed by atoms with E-state index in [0.29, 0.717) is 22.0 Å². The summed E-state index contributed by atoms with van der Waals surface area (Å²) in [5, 5.41) is 3.06. The molecule has 0 bridgehead atoms. The molecule has 4 amide bonds. The highest BCUT2D eigenvalue weighted by Crippen LogP contribution is 2.50. The average molecular weight is 680 g/mol.